The fraction of sp³-hybridized carbons (Fsp3) is 0.526. The first kappa shape index (κ1) is 17.7. The third kappa shape index (κ3) is 3.28. The Morgan fingerprint density at radius 3 is 2.82 bits per heavy atom. The number of nitrogens with zero attached hydrogens (tertiary/aromatic N) is 4. The lowest BCUT2D eigenvalue weighted by Gasteiger charge is -2.26. The lowest BCUT2D eigenvalue weighted by molar-refractivity contribution is -0.129. The van der Waals surface area contributed by atoms with Gasteiger partial charge in [-0.25, -0.2) is 4.68 Å². The van der Waals surface area contributed by atoms with Crippen molar-refractivity contribution in [2.24, 2.45) is 0 Å². The van der Waals surface area contributed by atoms with Crippen molar-refractivity contribution in [2.45, 2.75) is 42.8 Å². The van der Waals surface area contributed by atoms with Crippen LogP contribution in [0.25, 0.3) is 0 Å². The lowest BCUT2D eigenvalue weighted by atomic mass is 10.0. The number of nitrogens with two attached hydrogens (primary N) is 1. The zero-order chi connectivity index (χ0) is 19.1. The molecule has 28 heavy (non-hydrogen) atoms. The number of likely N-dealkylation sites (tertiary alicyclic amines) is 1. The van der Waals surface area contributed by atoms with Crippen molar-refractivity contribution in [3.8, 4) is 11.5 Å². The van der Waals surface area contributed by atoms with E-state index >= 15 is 0 Å². The first-order chi connectivity index (χ1) is 13.7. The monoisotopic (exact) mass is 401 g/mol. The van der Waals surface area contributed by atoms with Crippen molar-refractivity contribution in [1.82, 2.24) is 19.8 Å². The Bertz CT molecular complexity index is 898. The van der Waals surface area contributed by atoms with Crippen LogP contribution >= 0.6 is 11.8 Å². The Hall–Kier alpha value is -2.42. The van der Waals surface area contributed by atoms with Gasteiger partial charge >= 0.3 is 0 Å². The minimum atomic E-state index is 0.0710. The van der Waals surface area contributed by atoms with Crippen molar-refractivity contribution in [2.75, 3.05) is 31.4 Å². The molecule has 1 aromatic heterocycles. The molecule has 0 radical (unpaired) electrons. The molecule has 0 spiro atoms. The predicted octanol–water partition coefficient (Wildman–Crippen LogP) is 2.10. The van der Waals surface area contributed by atoms with Gasteiger partial charge in [-0.3, -0.25) is 4.79 Å². The number of aromatic nitrogens is 3. The van der Waals surface area contributed by atoms with Gasteiger partial charge in [0.2, 0.25) is 11.1 Å². The van der Waals surface area contributed by atoms with Crippen molar-refractivity contribution in [1.29, 1.82) is 0 Å². The number of hydrogen-bond donors (Lipinski definition) is 1. The van der Waals surface area contributed by atoms with Gasteiger partial charge in [0, 0.05) is 12.5 Å². The fourth-order valence-corrected chi connectivity index (χ4v) is 4.64. The van der Waals surface area contributed by atoms with Crippen LogP contribution in [0.3, 0.4) is 0 Å². The molecule has 148 valence electrons. The van der Waals surface area contributed by atoms with Gasteiger partial charge in [0.15, 0.2) is 17.3 Å². The molecule has 1 unspecified atom stereocenters. The van der Waals surface area contributed by atoms with Gasteiger partial charge < -0.3 is 20.2 Å². The van der Waals surface area contributed by atoms with Gasteiger partial charge in [-0.1, -0.05) is 17.8 Å². The summed E-state index contributed by atoms with van der Waals surface area (Å²) in [7, 11) is 0. The van der Waals surface area contributed by atoms with Gasteiger partial charge in [0.05, 0.1) is 11.8 Å². The van der Waals surface area contributed by atoms with Crippen LogP contribution < -0.4 is 15.3 Å². The summed E-state index contributed by atoms with van der Waals surface area (Å²) in [5, 5.41) is 8.93. The highest BCUT2D eigenvalue weighted by atomic mass is 32.2. The third-order valence-electron chi connectivity index (χ3n) is 5.48. The van der Waals surface area contributed by atoms with Crippen molar-refractivity contribution < 1.29 is 14.3 Å². The molecule has 0 bridgehead atoms. The highest BCUT2D eigenvalue weighted by molar-refractivity contribution is 7.99. The fourth-order valence-electron chi connectivity index (χ4n) is 3.89. The maximum absolute atomic E-state index is 12.9. The first-order valence-corrected chi connectivity index (χ1v) is 10.7. The van der Waals surface area contributed by atoms with E-state index in [9.17, 15) is 4.79 Å². The van der Waals surface area contributed by atoms with Crippen LogP contribution in [0.4, 0.5) is 0 Å². The van der Waals surface area contributed by atoms with E-state index in [1.54, 1.807) is 0 Å². The summed E-state index contributed by atoms with van der Waals surface area (Å²) in [5.74, 6) is 9.28. The summed E-state index contributed by atoms with van der Waals surface area (Å²) in [6, 6.07) is 6.06. The summed E-state index contributed by atoms with van der Waals surface area (Å²) in [6.45, 7) is 1.90. The highest BCUT2D eigenvalue weighted by Gasteiger charge is 2.32. The smallest absolute Gasteiger partial charge is 0.233 e. The van der Waals surface area contributed by atoms with Gasteiger partial charge in [-0.2, -0.15) is 0 Å². The van der Waals surface area contributed by atoms with E-state index < -0.39 is 0 Å². The number of thioether (sulfide) groups is 1. The molecule has 8 nitrogen and oxygen atoms in total. The molecule has 1 amide bonds. The number of benzene rings is 1. The molecule has 2 aliphatic heterocycles. The summed E-state index contributed by atoms with van der Waals surface area (Å²) < 4.78 is 12.8. The Morgan fingerprint density at radius 2 is 2.00 bits per heavy atom. The Morgan fingerprint density at radius 1 is 1.18 bits per heavy atom. The van der Waals surface area contributed by atoms with E-state index in [1.807, 2.05) is 23.1 Å². The van der Waals surface area contributed by atoms with Crippen molar-refractivity contribution >= 4 is 17.7 Å². The summed E-state index contributed by atoms with van der Waals surface area (Å²) in [5.41, 5.74) is 1.10. The normalized spacial score (nSPS) is 21.1. The van der Waals surface area contributed by atoms with E-state index in [4.69, 9.17) is 15.3 Å². The van der Waals surface area contributed by atoms with Crippen LogP contribution in [-0.2, 0) is 4.79 Å². The maximum atomic E-state index is 12.9. The van der Waals surface area contributed by atoms with Crippen LogP contribution in [0.15, 0.2) is 23.4 Å². The average Bonchev–Trinajstić information content (AvgIpc) is 3.32. The van der Waals surface area contributed by atoms with Crippen LogP contribution in [0.1, 0.15) is 49.0 Å². The number of ether oxygens (including phenoxy) is 2. The Labute approximate surface area is 167 Å². The largest absolute Gasteiger partial charge is 0.486 e. The van der Waals surface area contributed by atoms with Gasteiger partial charge in [0.25, 0.3) is 0 Å². The molecule has 1 atom stereocenters. The van der Waals surface area contributed by atoms with E-state index in [1.165, 1.54) is 16.4 Å². The van der Waals surface area contributed by atoms with Crippen molar-refractivity contribution in [3.05, 3.63) is 29.6 Å². The minimum Gasteiger partial charge on any atom is -0.486 e. The number of amides is 1. The molecule has 1 aromatic carbocycles. The second kappa shape index (κ2) is 7.20. The van der Waals surface area contributed by atoms with Crippen LogP contribution in [0.5, 0.6) is 11.5 Å². The van der Waals surface area contributed by atoms with E-state index in [-0.39, 0.29) is 11.9 Å². The summed E-state index contributed by atoms with van der Waals surface area (Å²) in [4.78, 5) is 14.9. The Balaban J connectivity index is 1.26. The zero-order valence-corrected chi connectivity index (χ0v) is 16.4. The highest BCUT2D eigenvalue weighted by Crippen LogP contribution is 2.40. The molecule has 1 saturated heterocycles. The molecule has 3 aliphatic rings. The van der Waals surface area contributed by atoms with Gasteiger partial charge in [-0.15, -0.1) is 10.2 Å². The lowest BCUT2D eigenvalue weighted by Crippen LogP contribution is -2.32. The number of rotatable bonds is 5. The molecular formula is C19H23N5O3S. The number of hydrogen-bond acceptors (Lipinski definition) is 7. The van der Waals surface area contributed by atoms with Crippen molar-refractivity contribution in [3.63, 3.8) is 0 Å². The second-order valence-electron chi connectivity index (χ2n) is 7.42. The zero-order valence-electron chi connectivity index (χ0n) is 15.5. The van der Waals surface area contributed by atoms with Gasteiger partial charge in [0.1, 0.15) is 13.2 Å². The minimum absolute atomic E-state index is 0.0710. The molecule has 9 heteroatoms. The average molecular weight is 401 g/mol. The second-order valence-corrected chi connectivity index (χ2v) is 8.36. The Kier molecular flexibility index (Phi) is 4.54. The summed E-state index contributed by atoms with van der Waals surface area (Å²) >= 11 is 1.36. The first-order valence-electron chi connectivity index (χ1n) is 9.73. The molecule has 1 saturated carbocycles. The van der Waals surface area contributed by atoms with E-state index in [0.717, 1.165) is 55.1 Å². The van der Waals surface area contributed by atoms with Crippen LogP contribution in [-0.4, -0.2) is 51.2 Å². The number of carbonyl (C=O) groups is 1. The number of carbonyl (C=O) groups excluding carboxylic acids is 1. The van der Waals surface area contributed by atoms with Crippen LogP contribution in [0.2, 0.25) is 0 Å². The molecule has 2 aromatic rings. The van der Waals surface area contributed by atoms with E-state index in [0.29, 0.717) is 30.0 Å². The van der Waals surface area contributed by atoms with E-state index in [2.05, 4.69) is 10.2 Å². The molecule has 2 fully saturated rings. The molecule has 2 N–H and O–H groups in total. The quantitative estimate of drug-likeness (QED) is 0.605. The standard InChI is InChI=1S/C19H23N5O3S/c20-24-18(12-3-4-12)21-22-19(24)28-11-17(25)23-7-1-2-14(23)13-5-6-15-16(10-13)27-9-8-26-15/h5-6,10,12,14H,1-4,7-9,11,20H2. The molecule has 5 rings (SSSR count). The van der Waals surface area contributed by atoms with Crippen LogP contribution in [0, 0.1) is 0 Å². The SMILES string of the molecule is Nn1c(SCC(=O)N2CCCC2c2ccc3c(c2)OCCO3)nnc1C1CC1. The molecule has 1 aliphatic carbocycles. The molecular weight excluding hydrogens is 378 g/mol. The topological polar surface area (TPSA) is 95.5 Å². The number of nitrogen functional groups attached to an aromatic ring is 1. The maximum Gasteiger partial charge on any atom is 0.233 e. The third-order valence-corrected chi connectivity index (χ3v) is 6.41. The summed E-state index contributed by atoms with van der Waals surface area (Å²) in [6.07, 6.45) is 4.18. The molecule has 3 heterocycles. The number of fused-ring (bicyclic) bond motifs is 1. The van der Waals surface area contributed by atoms with Gasteiger partial charge in [-0.05, 0) is 43.4 Å². The predicted molar refractivity (Wildman–Crippen MR) is 104 cm³/mol.